The van der Waals surface area contributed by atoms with Gasteiger partial charge in [0.05, 0.1) is 18.0 Å². The van der Waals surface area contributed by atoms with Crippen LogP contribution in [0, 0.1) is 0 Å². The van der Waals surface area contributed by atoms with Crippen molar-refractivity contribution in [3.8, 4) is 0 Å². The molecule has 6 heteroatoms. The minimum Gasteiger partial charge on any atom is -0.364 e. The molecule has 0 spiro atoms. The molecule has 84 valence electrons. The summed E-state index contributed by atoms with van der Waals surface area (Å²) in [5.41, 5.74) is 0.941. The summed E-state index contributed by atoms with van der Waals surface area (Å²) in [6.45, 7) is 1.75. The van der Waals surface area contributed by atoms with E-state index in [1.54, 1.807) is 10.9 Å². The zero-order chi connectivity index (χ0) is 11.1. The second-order valence-electron chi connectivity index (χ2n) is 3.82. The Bertz CT molecular complexity index is 341. The summed E-state index contributed by atoms with van der Waals surface area (Å²) >= 11 is 0. The summed E-state index contributed by atoms with van der Waals surface area (Å²) in [6.07, 6.45) is 0.136. The SMILES string of the molecule is Cn1cc(N2CC(OC(C)(F)F)C2)cn1. The fourth-order valence-corrected chi connectivity index (χ4v) is 1.59. The molecule has 1 aromatic rings. The third-order valence-electron chi connectivity index (χ3n) is 2.28. The molecular formula is C9H13F2N3O. The predicted octanol–water partition coefficient (Wildman–Crippen LogP) is 1.24. The Morgan fingerprint density at radius 1 is 1.53 bits per heavy atom. The van der Waals surface area contributed by atoms with Gasteiger partial charge >= 0.3 is 6.11 Å². The molecule has 1 aromatic heterocycles. The number of hydrogen-bond acceptors (Lipinski definition) is 3. The molecule has 0 aromatic carbocycles. The second-order valence-corrected chi connectivity index (χ2v) is 3.82. The van der Waals surface area contributed by atoms with Gasteiger partial charge in [-0.3, -0.25) is 4.68 Å². The van der Waals surface area contributed by atoms with E-state index < -0.39 is 6.11 Å². The van der Waals surface area contributed by atoms with E-state index in [1.807, 2.05) is 18.1 Å². The molecule has 1 aliphatic heterocycles. The van der Waals surface area contributed by atoms with Gasteiger partial charge in [0.25, 0.3) is 0 Å². The van der Waals surface area contributed by atoms with Gasteiger partial charge in [0.2, 0.25) is 0 Å². The quantitative estimate of drug-likeness (QED) is 0.763. The van der Waals surface area contributed by atoms with Crippen LogP contribution in [0.3, 0.4) is 0 Å². The molecule has 0 aliphatic carbocycles. The number of aryl methyl sites for hydroxylation is 1. The van der Waals surface area contributed by atoms with Crippen molar-refractivity contribution >= 4 is 5.69 Å². The Morgan fingerprint density at radius 2 is 2.20 bits per heavy atom. The molecule has 0 bridgehead atoms. The zero-order valence-corrected chi connectivity index (χ0v) is 8.65. The van der Waals surface area contributed by atoms with Crippen molar-refractivity contribution in [2.24, 2.45) is 7.05 Å². The van der Waals surface area contributed by atoms with Crippen LogP contribution in [0.15, 0.2) is 12.4 Å². The molecule has 4 nitrogen and oxygen atoms in total. The van der Waals surface area contributed by atoms with Gasteiger partial charge in [-0.25, -0.2) is 0 Å². The van der Waals surface area contributed by atoms with Gasteiger partial charge in [0, 0.05) is 33.3 Å². The molecule has 1 fully saturated rings. The molecule has 0 amide bonds. The summed E-state index contributed by atoms with van der Waals surface area (Å²) in [4.78, 5) is 1.95. The lowest BCUT2D eigenvalue weighted by Crippen LogP contribution is -2.54. The van der Waals surface area contributed by atoms with Crippen LogP contribution in [-0.4, -0.2) is 35.1 Å². The van der Waals surface area contributed by atoms with Crippen LogP contribution in [0.4, 0.5) is 14.5 Å². The average molecular weight is 217 g/mol. The van der Waals surface area contributed by atoms with Gasteiger partial charge in [-0.15, -0.1) is 0 Å². The first-order chi connectivity index (χ1) is 6.94. The van der Waals surface area contributed by atoms with Crippen molar-refractivity contribution < 1.29 is 13.5 Å². The molecular weight excluding hydrogens is 204 g/mol. The summed E-state index contributed by atoms with van der Waals surface area (Å²) in [5.74, 6) is 0. The van der Waals surface area contributed by atoms with Crippen LogP contribution >= 0.6 is 0 Å². The van der Waals surface area contributed by atoms with Crippen molar-refractivity contribution in [2.75, 3.05) is 18.0 Å². The maximum atomic E-state index is 12.5. The van der Waals surface area contributed by atoms with Gasteiger partial charge in [0.15, 0.2) is 0 Å². The molecule has 1 saturated heterocycles. The van der Waals surface area contributed by atoms with Crippen molar-refractivity contribution in [3.63, 3.8) is 0 Å². The maximum Gasteiger partial charge on any atom is 0.353 e. The summed E-state index contributed by atoms with van der Waals surface area (Å²) in [6, 6.07) is 0. The number of anilines is 1. The fourth-order valence-electron chi connectivity index (χ4n) is 1.59. The molecule has 1 aliphatic rings. The van der Waals surface area contributed by atoms with Gasteiger partial charge in [-0.05, 0) is 0 Å². The number of halogens is 2. The Hall–Kier alpha value is -1.17. The Labute approximate surface area is 86.4 Å². The van der Waals surface area contributed by atoms with E-state index in [0.717, 1.165) is 12.6 Å². The van der Waals surface area contributed by atoms with E-state index in [0.29, 0.717) is 13.1 Å². The highest BCUT2D eigenvalue weighted by atomic mass is 19.3. The van der Waals surface area contributed by atoms with E-state index in [4.69, 9.17) is 0 Å². The standard InChI is InChI=1S/C9H13F2N3O/c1-9(10,11)15-8-5-14(6-8)7-3-12-13(2)4-7/h3-4,8H,5-6H2,1-2H3. The largest absolute Gasteiger partial charge is 0.364 e. The number of hydrogen-bond donors (Lipinski definition) is 0. The van der Waals surface area contributed by atoms with Crippen molar-refractivity contribution in [3.05, 3.63) is 12.4 Å². The van der Waals surface area contributed by atoms with Crippen LogP contribution in [0.2, 0.25) is 0 Å². The summed E-state index contributed by atoms with van der Waals surface area (Å²) in [5, 5.41) is 4.01. The lowest BCUT2D eigenvalue weighted by Gasteiger charge is -2.40. The van der Waals surface area contributed by atoms with E-state index >= 15 is 0 Å². The van der Waals surface area contributed by atoms with Crippen LogP contribution in [0.25, 0.3) is 0 Å². The first-order valence-electron chi connectivity index (χ1n) is 4.73. The molecule has 0 unspecified atom stereocenters. The van der Waals surface area contributed by atoms with E-state index in [1.165, 1.54) is 0 Å². The number of alkyl halides is 2. The smallest absolute Gasteiger partial charge is 0.353 e. The van der Waals surface area contributed by atoms with Crippen LogP contribution in [-0.2, 0) is 11.8 Å². The van der Waals surface area contributed by atoms with Crippen LogP contribution in [0.1, 0.15) is 6.92 Å². The predicted molar refractivity (Wildman–Crippen MR) is 50.9 cm³/mol. The Balaban J connectivity index is 1.84. The zero-order valence-electron chi connectivity index (χ0n) is 8.65. The molecule has 0 saturated carbocycles. The highest BCUT2D eigenvalue weighted by Gasteiger charge is 2.35. The Kier molecular flexibility index (Phi) is 2.38. The highest BCUT2D eigenvalue weighted by Crippen LogP contribution is 2.25. The van der Waals surface area contributed by atoms with E-state index in [2.05, 4.69) is 9.84 Å². The average Bonchev–Trinajstić information content (AvgIpc) is 2.41. The van der Waals surface area contributed by atoms with Gasteiger partial charge < -0.3 is 9.64 Å². The second kappa shape index (κ2) is 3.44. The van der Waals surface area contributed by atoms with Crippen LogP contribution < -0.4 is 4.90 Å². The number of ether oxygens (including phenoxy) is 1. The molecule has 0 radical (unpaired) electrons. The lowest BCUT2D eigenvalue weighted by molar-refractivity contribution is -0.252. The van der Waals surface area contributed by atoms with Crippen molar-refractivity contribution in [2.45, 2.75) is 19.1 Å². The first kappa shape index (κ1) is 10.4. The van der Waals surface area contributed by atoms with Crippen LogP contribution in [0.5, 0.6) is 0 Å². The molecule has 0 N–H and O–H groups in total. The molecule has 2 rings (SSSR count). The summed E-state index contributed by atoms with van der Waals surface area (Å²) in [7, 11) is 1.82. The van der Waals surface area contributed by atoms with E-state index in [-0.39, 0.29) is 6.10 Å². The molecule has 0 atom stereocenters. The van der Waals surface area contributed by atoms with Gasteiger partial charge in [-0.2, -0.15) is 13.9 Å². The Morgan fingerprint density at radius 3 is 2.67 bits per heavy atom. The number of nitrogens with zero attached hydrogens (tertiary/aromatic N) is 3. The third-order valence-corrected chi connectivity index (χ3v) is 2.28. The monoisotopic (exact) mass is 217 g/mol. The number of aromatic nitrogens is 2. The van der Waals surface area contributed by atoms with Gasteiger partial charge in [0.1, 0.15) is 0 Å². The fraction of sp³-hybridized carbons (Fsp3) is 0.667. The minimum atomic E-state index is -3.04. The normalized spacial score (nSPS) is 18.0. The topological polar surface area (TPSA) is 30.3 Å². The summed E-state index contributed by atoms with van der Waals surface area (Å²) < 4.78 is 31.1. The lowest BCUT2D eigenvalue weighted by atomic mass is 10.1. The minimum absolute atomic E-state index is 0.384. The molecule has 15 heavy (non-hydrogen) atoms. The maximum absolute atomic E-state index is 12.5. The van der Waals surface area contributed by atoms with Crippen molar-refractivity contribution in [1.29, 1.82) is 0 Å². The highest BCUT2D eigenvalue weighted by molar-refractivity contribution is 5.45. The van der Waals surface area contributed by atoms with Crippen molar-refractivity contribution in [1.82, 2.24) is 9.78 Å². The number of rotatable bonds is 3. The molecule has 2 heterocycles. The van der Waals surface area contributed by atoms with E-state index in [9.17, 15) is 8.78 Å². The third kappa shape index (κ3) is 2.44. The first-order valence-corrected chi connectivity index (χ1v) is 4.73. The van der Waals surface area contributed by atoms with Gasteiger partial charge in [-0.1, -0.05) is 0 Å².